The number of methoxy groups -OCH3 is 1. The van der Waals surface area contributed by atoms with Crippen LogP contribution in [0.25, 0.3) is 0 Å². The summed E-state index contributed by atoms with van der Waals surface area (Å²) in [5.41, 5.74) is 2.24. The first-order chi connectivity index (χ1) is 10.6. The van der Waals surface area contributed by atoms with Gasteiger partial charge in [0.15, 0.2) is 0 Å². The van der Waals surface area contributed by atoms with Gasteiger partial charge in [-0.1, -0.05) is 39.2 Å². The highest BCUT2D eigenvalue weighted by atomic mass is 16.5. The fraction of sp³-hybridized carbons (Fsp3) is 0.722. The first-order valence-corrected chi connectivity index (χ1v) is 8.59. The van der Waals surface area contributed by atoms with Crippen molar-refractivity contribution in [3.8, 4) is 0 Å². The Bertz CT molecular complexity index is 516. The predicted molar refractivity (Wildman–Crippen MR) is 90.5 cm³/mol. The van der Waals surface area contributed by atoms with Crippen molar-refractivity contribution in [1.29, 1.82) is 0 Å². The van der Waals surface area contributed by atoms with Crippen molar-refractivity contribution in [3.63, 3.8) is 0 Å². The van der Waals surface area contributed by atoms with E-state index in [2.05, 4.69) is 29.8 Å². The molecule has 4 heteroatoms. The SMILES string of the molecule is COCCNCc1ccc(C(C)C)n(C2CCCCC2)c1=O. The van der Waals surface area contributed by atoms with Gasteiger partial charge in [-0.25, -0.2) is 0 Å². The summed E-state index contributed by atoms with van der Waals surface area (Å²) in [6, 6.07) is 4.53. The van der Waals surface area contributed by atoms with Gasteiger partial charge in [-0.15, -0.1) is 0 Å². The van der Waals surface area contributed by atoms with Crippen LogP contribution in [0.15, 0.2) is 16.9 Å². The fourth-order valence-electron chi connectivity index (χ4n) is 3.33. The van der Waals surface area contributed by atoms with Crippen LogP contribution in [0.5, 0.6) is 0 Å². The van der Waals surface area contributed by atoms with Gasteiger partial charge in [-0.2, -0.15) is 0 Å². The van der Waals surface area contributed by atoms with Gasteiger partial charge in [0.25, 0.3) is 5.56 Å². The average Bonchev–Trinajstić information content (AvgIpc) is 2.53. The van der Waals surface area contributed by atoms with Gasteiger partial charge < -0.3 is 14.6 Å². The van der Waals surface area contributed by atoms with Crippen molar-refractivity contribution in [2.24, 2.45) is 0 Å². The molecule has 0 aromatic carbocycles. The number of aromatic nitrogens is 1. The number of ether oxygens (including phenoxy) is 1. The Hall–Kier alpha value is -1.13. The summed E-state index contributed by atoms with van der Waals surface area (Å²) < 4.78 is 7.13. The van der Waals surface area contributed by atoms with Crippen molar-refractivity contribution in [1.82, 2.24) is 9.88 Å². The van der Waals surface area contributed by atoms with Gasteiger partial charge in [-0.05, 0) is 24.8 Å². The van der Waals surface area contributed by atoms with E-state index >= 15 is 0 Å². The standard InChI is InChI=1S/C18H30N2O2/c1-14(2)17-10-9-15(13-19-11-12-22-3)18(21)20(17)16-7-5-4-6-8-16/h9-10,14,16,19H,4-8,11-13H2,1-3H3. The van der Waals surface area contributed by atoms with Gasteiger partial charge >= 0.3 is 0 Å². The minimum Gasteiger partial charge on any atom is -0.383 e. The third kappa shape index (κ3) is 4.20. The summed E-state index contributed by atoms with van der Waals surface area (Å²) in [7, 11) is 1.69. The molecule has 1 N–H and O–H groups in total. The summed E-state index contributed by atoms with van der Waals surface area (Å²) in [6.07, 6.45) is 6.07. The number of nitrogens with zero attached hydrogens (tertiary/aromatic N) is 1. The molecule has 0 saturated heterocycles. The Labute approximate surface area is 133 Å². The molecule has 1 aromatic heterocycles. The maximum atomic E-state index is 12.9. The molecule has 1 fully saturated rings. The van der Waals surface area contributed by atoms with Crippen molar-refractivity contribution in [2.45, 2.75) is 64.5 Å². The first kappa shape index (κ1) is 17.2. The van der Waals surface area contributed by atoms with E-state index < -0.39 is 0 Å². The molecular formula is C18H30N2O2. The lowest BCUT2D eigenvalue weighted by atomic mass is 9.93. The number of nitrogens with one attached hydrogen (secondary N) is 1. The summed E-state index contributed by atoms with van der Waals surface area (Å²) in [5.74, 6) is 0.380. The van der Waals surface area contributed by atoms with E-state index in [0.29, 0.717) is 25.1 Å². The average molecular weight is 306 g/mol. The molecule has 0 atom stereocenters. The summed E-state index contributed by atoms with van der Waals surface area (Å²) in [6.45, 7) is 6.40. The van der Waals surface area contributed by atoms with Crippen LogP contribution in [-0.2, 0) is 11.3 Å². The highest BCUT2D eigenvalue weighted by Crippen LogP contribution is 2.29. The zero-order valence-corrected chi connectivity index (χ0v) is 14.2. The topological polar surface area (TPSA) is 43.3 Å². The van der Waals surface area contributed by atoms with Crippen molar-refractivity contribution in [3.05, 3.63) is 33.7 Å². The third-order valence-electron chi connectivity index (χ3n) is 4.56. The molecule has 1 heterocycles. The van der Waals surface area contributed by atoms with E-state index in [1.807, 2.05) is 6.07 Å². The second-order valence-corrected chi connectivity index (χ2v) is 6.57. The predicted octanol–water partition coefficient (Wildman–Crippen LogP) is 3.21. The highest BCUT2D eigenvalue weighted by molar-refractivity contribution is 5.19. The summed E-state index contributed by atoms with van der Waals surface area (Å²) in [4.78, 5) is 12.9. The smallest absolute Gasteiger partial charge is 0.255 e. The van der Waals surface area contributed by atoms with Gasteiger partial charge in [0.2, 0.25) is 0 Å². The maximum Gasteiger partial charge on any atom is 0.255 e. The van der Waals surface area contributed by atoms with E-state index in [9.17, 15) is 4.79 Å². The molecule has 2 rings (SSSR count). The quantitative estimate of drug-likeness (QED) is 0.787. The molecule has 1 aromatic rings. The lowest BCUT2D eigenvalue weighted by Crippen LogP contribution is -2.33. The van der Waals surface area contributed by atoms with Gasteiger partial charge in [0.1, 0.15) is 0 Å². The maximum absolute atomic E-state index is 12.9. The minimum atomic E-state index is 0.197. The first-order valence-electron chi connectivity index (χ1n) is 8.59. The molecule has 22 heavy (non-hydrogen) atoms. The number of rotatable bonds is 7. The Kier molecular flexibility index (Phi) is 6.65. The molecule has 0 bridgehead atoms. The van der Waals surface area contributed by atoms with E-state index in [0.717, 1.165) is 24.9 Å². The number of hydrogen-bond donors (Lipinski definition) is 1. The van der Waals surface area contributed by atoms with Crippen LogP contribution in [0.2, 0.25) is 0 Å². The van der Waals surface area contributed by atoms with Crippen molar-refractivity contribution < 1.29 is 4.74 Å². The number of hydrogen-bond acceptors (Lipinski definition) is 3. The Morgan fingerprint density at radius 1 is 1.27 bits per heavy atom. The molecule has 1 aliphatic carbocycles. The van der Waals surface area contributed by atoms with Crippen LogP contribution in [0.1, 0.15) is 69.2 Å². The molecule has 124 valence electrons. The van der Waals surface area contributed by atoms with E-state index in [-0.39, 0.29) is 5.56 Å². The summed E-state index contributed by atoms with van der Waals surface area (Å²) in [5, 5.41) is 3.28. The van der Waals surface area contributed by atoms with Crippen LogP contribution in [0, 0.1) is 0 Å². The van der Waals surface area contributed by atoms with Gasteiger partial charge in [0.05, 0.1) is 6.61 Å². The van der Waals surface area contributed by atoms with Crippen LogP contribution in [0.3, 0.4) is 0 Å². The second-order valence-electron chi connectivity index (χ2n) is 6.57. The lowest BCUT2D eigenvalue weighted by molar-refractivity contribution is 0.199. The molecule has 0 radical (unpaired) electrons. The minimum absolute atomic E-state index is 0.197. The summed E-state index contributed by atoms with van der Waals surface area (Å²) >= 11 is 0. The highest BCUT2D eigenvalue weighted by Gasteiger charge is 2.21. The molecular weight excluding hydrogens is 276 g/mol. The molecule has 4 nitrogen and oxygen atoms in total. The Morgan fingerprint density at radius 3 is 2.64 bits per heavy atom. The fourth-order valence-corrected chi connectivity index (χ4v) is 3.33. The molecule has 0 amide bonds. The monoisotopic (exact) mass is 306 g/mol. The van der Waals surface area contributed by atoms with Crippen molar-refractivity contribution >= 4 is 0 Å². The van der Waals surface area contributed by atoms with Crippen LogP contribution in [0.4, 0.5) is 0 Å². The Balaban J connectivity index is 2.24. The lowest BCUT2D eigenvalue weighted by Gasteiger charge is -2.28. The van der Waals surface area contributed by atoms with Crippen LogP contribution >= 0.6 is 0 Å². The van der Waals surface area contributed by atoms with Crippen LogP contribution < -0.4 is 10.9 Å². The van der Waals surface area contributed by atoms with Crippen molar-refractivity contribution in [2.75, 3.05) is 20.3 Å². The normalized spacial score (nSPS) is 16.4. The molecule has 0 aliphatic heterocycles. The number of pyridine rings is 1. The second kappa shape index (κ2) is 8.49. The van der Waals surface area contributed by atoms with E-state index in [1.165, 1.54) is 25.0 Å². The van der Waals surface area contributed by atoms with Gasteiger partial charge in [-0.3, -0.25) is 4.79 Å². The molecule has 1 saturated carbocycles. The zero-order chi connectivity index (χ0) is 15.9. The van der Waals surface area contributed by atoms with Gasteiger partial charge in [0, 0.05) is 37.5 Å². The largest absolute Gasteiger partial charge is 0.383 e. The van der Waals surface area contributed by atoms with E-state index in [4.69, 9.17) is 4.74 Å². The van der Waals surface area contributed by atoms with E-state index in [1.54, 1.807) is 7.11 Å². The zero-order valence-electron chi connectivity index (χ0n) is 14.2. The third-order valence-corrected chi connectivity index (χ3v) is 4.56. The van der Waals surface area contributed by atoms with Crippen LogP contribution in [-0.4, -0.2) is 24.8 Å². The Morgan fingerprint density at radius 2 is 2.00 bits per heavy atom. The molecule has 0 unspecified atom stereocenters. The molecule has 0 spiro atoms. The molecule has 1 aliphatic rings.